The van der Waals surface area contributed by atoms with Gasteiger partial charge < -0.3 is 20.8 Å². The summed E-state index contributed by atoms with van der Waals surface area (Å²) in [4.78, 5) is 39.8. The molecule has 1 aliphatic rings. The second-order valence-electron chi connectivity index (χ2n) is 9.35. The van der Waals surface area contributed by atoms with Crippen LogP contribution in [0.15, 0.2) is 54.6 Å². The summed E-state index contributed by atoms with van der Waals surface area (Å²) in [5.74, 6) is -3.52. The predicted molar refractivity (Wildman–Crippen MR) is 136 cm³/mol. The molecule has 0 unspecified atom stereocenters. The molecule has 1 heterocycles. The summed E-state index contributed by atoms with van der Waals surface area (Å²) in [5.41, 5.74) is 4.53. The Morgan fingerprint density at radius 3 is 2.58 bits per heavy atom. The molecular formula is C27H31N5O6. The maximum Gasteiger partial charge on any atom is 0.270 e. The maximum atomic E-state index is 13.7. The number of aromatic hydroxyl groups is 1. The van der Waals surface area contributed by atoms with Crippen LogP contribution in [-0.4, -0.2) is 55.1 Å². The zero-order valence-corrected chi connectivity index (χ0v) is 21.1. The van der Waals surface area contributed by atoms with Gasteiger partial charge in [-0.2, -0.15) is 5.10 Å². The van der Waals surface area contributed by atoms with E-state index in [9.17, 15) is 29.8 Å². The fraction of sp³-hybridized carbons (Fsp3) is 0.333. The largest absolute Gasteiger partial charge is 0.508 e. The van der Waals surface area contributed by atoms with E-state index < -0.39 is 41.8 Å². The molecule has 2 aromatic carbocycles. The topological polar surface area (TPSA) is 166 Å². The standard InChI is InChI=1S/C27H31N5O6/c1-3-32-21(11-15(2)30-32)26(36)29-24(27(37)31-38)20(13-16-7-6-9-18(33)12-16)25(35)28-23-19-10-5-4-8-17(19)14-22(23)34/h4-12,20,22-24,33-34,38H,3,13-14H2,1-2H3,(H,28,35)(H,29,36)(H,31,37)/t20-,22-,23+,24+/m1/s1. The smallest absolute Gasteiger partial charge is 0.270 e. The minimum absolute atomic E-state index is 0.0312. The first kappa shape index (κ1) is 26.8. The molecule has 0 fully saturated rings. The van der Waals surface area contributed by atoms with Crippen molar-refractivity contribution in [2.24, 2.45) is 5.92 Å². The van der Waals surface area contributed by atoms with Crippen molar-refractivity contribution in [1.82, 2.24) is 25.9 Å². The third kappa shape index (κ3) is 5.68. The van der Waals surface area contributed by atoms with Gasteiger partial charge in [-0.1, -0.05) is 36.4 Å². The zero-order valence-electron chi connectivity index (χ0n) is 21.1. The third-order valence-electron chi connectivity index (χ3n) is 6.72. The second-order valence-corrected chi connectivity index (χ2v) is 9.35. The number of aliphatic hydroxyl groups excluding tert-OH is 1. The lowest BCUT2D eigenvalue weighted by atomic mass is 9.89. The van der Waals surface area contributed by atoms with Crippen LogP contribution in [0.5, 0.6) is 5.75 Å². The van der Waals surface area contributed by atoms with Crippen LogP contribution in [0.2, 0.25) is 0 Å². The lowest BCUT2D eigenvalue weighted by molar-refractivity contribution is -0.137. The Labute approximate surface area is 219 Å². The molecule has 1 aromatic heterocycles. The summed E-state index contributed by atoms with van der Waals surface area (Å²) in [6, 6.07) is 12.9. The Balaban J connectivity index is 1.67. The fourth-order valence-electron chi connectivity index (χ4n) is 4.91. The van der Waals surface area contributed by atoms with Crippen molar-refractivity contribution in [3.63, 3.8) is 0 Å². The van der Waals surface area contributed by atoms with E-state index in [0.717, 1.165) is 11.1 Å². The van der Waals surface area contributed by atoms with Crippen LogP contribution in [0.1, 0.15) is 45.8 Å². The first-order valence-corrected chi connectivity index (χ1v) is 12.3. The Bertz CT molecular complexity index is 1340. The Morgan fingerprint density at radius 1 is 1.11 bits per heavy atom. The van der Waals surface area contributed by atoms with Crippen LogP contribution < -0.4 is 16.1 Å². The molecule has 4 rings (SSSR count). The molecule has 38 heavy (non-hydrogen) atoms. The number of phenols is 1. The Morgan fingerprint density at radius 2 is 1.87 bits per heavy atom. The number of fused-ring (bicyclic) bond motifs is 1. The summed E-state index contributed by atoms with van der Waals surface area (Å²) in [5, 5.41) is 39.8. The number of carbonyl (C=O) groups is 3. The number of hydrogen-bond acceptors (Lipinski definition) is 7. The molecule has 0 bridgehead atoms. The van der Waals surface area contributed by atoms with Crippen LogP contribution in [0.25, 0.3) is 0 Å². The van der Waals surface area contributed by atoms with Gasteiger partial charge in [0.1, 0.15) is 17.5 Å². The van der Waals surface area contributed by atoms with Crippen molar-refractivity contribution in [3.05, 3.63) is 82.7 Å². The van der Waals surface area contributed by atoms with Crippen molar-refractivity contribution in [1.29, 1.82) is 0 Å². The average Bonchev–Trinajstić information content (AvgIpc) is 3.44. The van der Waals surface area contributed by atoms with Gasteiger partial charge in [0, 0.05) is 13.0 Å². The molecule has 3 amide bonds. The third-order valence-corrected chi connectivity index (χ3v) is 6.72. The quantitative estimate of drug-likeness (QED) is 0.182. The molecule has 3 aromatic rings. The highest BCUT2D eigenvalue weighted by molar-refractivity contribution is 5.98. The molecule has 4 atom stereocenters. The van der Waals surface area contributed by atoms with Gasteiger partial charge >= 0.3 is 0 Å². The van der Waals surface area contributed by atoms with Crippen molar-refractivity contribution >= 4 is 17.7 Å². The highest BCUT2D eigenvalue weighted by atomic mass is 16.5. The number of aromatic nitrogens is 2. The molecule has 0 saturated carbocycles. The lowest BCUT2D eigenvalue weighted by Crippen LogP contribution is -2.55. The van der Waals surface area contributed by atoms with Gasteiger partial charge in [-0.25, -0.2) is 5.48 Å². The first-order valence-electron chi connectivity index (χ1n) is 12.3. The van der Waals surface area contributed by atoms with Gasteiger partial charge in [-0.3, -0.25) is 24.3 Å². The van der Waals surface area contributed by atoms with Crippen molar-refractivity contribution in [2.75, 3.05) is 0 Å². The van der Waals surface area contributed by atoms with Crippen molar-refractivity contribution in [2.45, 2.75) is 51.4 Å². The number of carbonyl (C=O) groups excluding carboxylic acids is 3. The molecule has 6 N–H and O–H groups in total. The summed E-state index contributed by atoms with van der Waals surface area (Å²) in [6.07, 6.45) is -0.579. The number of nitrogens with one attached hydrogen (secondary N) is 3. The number of hydroxylamine groups is 1. The van der Waals surface area contributed by atoms with Gasteiger partial charge in [0.2, 0.25) is 5.91 Å². The van der Waals surface area contributed by atoms with E-state index >= 15 is 0 Å². The van der Waals surface area contributed by atoms with Crippen LogP contribution in [-0.2, 0) is 29.0 Å². The normalized spacial score (nSPS) is 17.8. The molecule has 0 radical (unpaired) electrons. The minimum Gasteiger partial charge on any atom is -0.508 e. The van der Waals surface area contributed by atoms with Gasteiger partial charge in [-0.15, -0.1) is 0 Å². The molecule has 0 spiro atoms. The number of rotatable bonds is 9. The lowest BCUT2D eigenvalue weighted by Gasteiger charge is -2.28. The highest BCUT2D eigenvalue weighted by Crippen LogP contribution is 2.32. The number of benzene rings is 2. The fourth-order valence-corrected chi connectivity index (χ4v) is 4.91. The van der Waals surface area contributed by atoms with E-state index in [1.165, 1.54) is 16.8 Å². The minimum atomic E-state index is -1.50. The van der Waals surface area contributed by atoms with Crippen molar-refractivity contribution < 1.29 is 29.8 Å². The van der Waals surface area contributed by atoms with Crippen LogP contribution in [0.3, 0.4) is 0 Å². The monoisotopic (exact) mass is 521 g/mol. The zero-order chi connectivity index (χ0) is 27.4. The van der Waals surface area contributed by atoms with E-state index in [1.54, 1.807) is 36.7 Å². The summed E-state index contributed by atoms with van der Waals surface area (Å²) >= 11 is 0. The molecule has 0 saturated heterocycles. The van der Waals surface area contributed by atoms with Crippen molar-refractivity contribution in [3.8, 4) is 5.75 Å². The van der Waals surface area contributed by atoms with Crippen LogP contribution >= 0.6 is 0 Å². The van der Waals surface area contributed by atoms with Crippen LogP contribution in [0, 0.1) is 12.8 Å². The molecule has 1 aliphatic carbocycles. The Hall–Kier alpha value is -4.22. The highest BCUT2D eigenvalue weighted by Gasteiger charge is 2.39. The molecule has 200 valence electrons. The number of nitrogens with zero attached hydrogens (tertiary/aromatic N) is 2. The SMILES string of the molecule is CCn1nc(C)cc1C(=O)N[C@H](C(=O)NO)[C@@H](Cc1cccc(O)c1)C(=O)N[C@H]1c2ccccc2C[C@H]1O. The molecular weight excluding hydrogens is 490 g/mol. The molecule has 11 nitrogen and oxygen atoms in total. The van der Waals surface area contributed by atoms with Gasteiger partial charge in [0.15, 0.2) is 0 Å². The van der Waals surface area contributed by atoms with E-state index in [-0.39, 0.29) is 17.9 Å². The second kappa shape index (κ2) is 11.4. The van der Waals surface area contributed by atoms with Gasteiger partial charge in [0.05, 0.1) is 23.8 Å². The predicted octanol–water partition coefficient (Wildman–Crippen LogP) is 1.15. The summed E-state index contributed by atoms with van der Waals surface area (Å²) in [6.45, 7) is 3.94. The summed E-state index contributed by atoms with van der Waals surface area (Å²) < 4.78 is 1.47. The number of aryl methyl sites for hydroxylation is 2. The maximum absolute atomic E-state index is 13.7. The van der Waals surface area contributed by atoms with Gasteiger partial charge in [-0.05, 0) is 55.2 Å². The van der Waals surface area contributed by atoms with Crippen LogP contribution in [0.4, 0.5) is 0 Å². The van der Waals surface area contributed by atoms with E-state index in [0.29, 0.717) is 24.2 Å². The number of aliphatic hydroxyl groups is 1. The van der Waals surface area contributed by atoms with Gasteiger partial charge in [0.25, 0.3) is 11.8 Å². The first-order chi connectivity index (χ1) is 18.2. The number of phenolic OH excluding ortho intramolecular Hbond substituents is 1. The number of amides is 3. The molecule has 0 aliphatic heterocycles. The summed E-state index contributed by atoms with van der Waals surface area (Å²) in [7, 11) is 0. The van der Waals surface area contributed by atoms with E-state index in [1.807, 2.05) is 25.1 Å². The average molecular weight is 522 g/mol. The molecule has 11 heteroatoms. The van der Waals surface area contributed by atoms with E-state index in [4.69, 9.17) is 0 Å². The Kier molecular flexibility index (Phi) is 8.08. The number of hydrogen-bond donors (Lipinski definition) is 6. The van der Waals surface area contributed by atoms with E-state index in [2.05, 4.69) is 15.7 Å².